The van der Waals surface area contributed by atoms with Crippen molar-refractivity contribution in [2.45, 2.75) is 44.6 Å². The fourth-order valence-electron chi connectivity index (χ4n) is 4.62. The maximum absolute atomic E-state index is 13.5. The van der Waals surface area contributed by atoms with Crippen molar-refractivity contribution in [1.29, 1.82) is 0 Å². The lowest BCUT2D eigenvalue weighted by Crippen LogP contribution is -2.31. The number of carbonyl (C=O) groups excluding carboxylic acids is 1. The van der Waals surface area contributed by atoms with E-state index < -0.39 is 0 Å². The third-order valence-corrected chi connectivity index (χ3v) is 6.11. The first-order chi connectivity index (χ1) is 14.1. The maximum atomic E-state index is 13.5. The number of rotatable bonds is 6. The highest BCUT2D eigenvalue weighted by Gasteiger charge is 2.24. The van der Waals surface area contributed by atoms with Gasteiger partial charge in [0.05, 0.1) is 5.56 Å². The maximum Gasteiger partial charge on any atom is 0.275 e. The molecule has 29 heavy (non-hydrogen) atoms. The molecule has 0 radical (unpaired) electrons. The number of para-hydroxylation sites is 1. The fraction of sp³-hybridized carbons (Fsp3) is 0.478. The molecule has 1 N–H and O–H groups in total. The number of hydrogen-bond donors (Lipinski definition) is 1. The highest BCUT2D eigenvalue weighted by molar-refractivity contribution is 6.17. The summed E-state index contributed by atoms with van der Waals surface area (Å²) in [6, 6.07) is 8.07. The van der Waals surface area contributed by atoms with E-state index >= 15 is 0 Å². The van der Waals surface area contributed by atoms with E-state index in [1.54, 1.807) is 13.3 Å². The molecule has 1 aromatic carbocycles. The van der Waals surface area contributed by atoms with Gasteiger partial charge in [0.1, 0.15) is 5.52 Å². The van der Waals surface area contributed by atoms with Crippen LogP contribution in [0.25, 0.3) is 21.8 Å². The van der Waals surface area contributed by atoms with Gasteiger partial charge in [-0.1, -0.05) is 37.5 Å². The van der Waals surface area contributed by atoms with Gasteiger partial charge in [-0.2, -0.15) is 0 Å². The Hall–Kier alpha value is -2.60. The van der Waals surface area contributed by atoms with E-state index in [2.05, 4.69) is 5.32 Å². The minimum atomic E-state index is -0.132. The first-order valence-electron chi connectivity index (χ1n) is 10.5. The van der Waals surface area contributed by atoms with Gasteiger partial charge in [0.2, 0.25) is 0 Å². The van der Waals surface area contributed by atoms with E-state index in [-0.39, 0.29) is 17.5 Å². The number of pyridine rings is 1. The molecule has 0 atom stereocenters. The van der Waals surface area contributed by atoms with E-state index in [1.165, 1.54) is 6.42 Å². The third kappa shape index (κ3) is 3.57. The Morgan fingerprint density at radius 3 is 2.72 bits per heavy atom. The molecule has 0 spiro atoms. The first-order valence-corrected chi connectivity index (χ1v) is 10.5. The molecule has 0 bridgehead atoms. The lowest BCUT2D eigenvalue weighted by molar-refractivity contribution is 0.0949. The number of methoxy groups -OCH3 is 1. The highest BCUT2D eigenvalue weighted by atomic mass is 16.5. The van der Waals surface area contributed by atoms with Gasteiger partial charge < -0.3 is 19.2 Å². The van der Waals surface area contributed by atoms with Crippen molar-refractivity contribution in [3.63, 3.8) is 0 Å². The SMILES string of the molecule is COCCCNC(=O)c1cn(C2CCCCC2)c(=O)c2c1c1ccccc1n2C. The molecule has 1 aliphatic carbocycles. The van der Waals surface area contributed by atoms with Crippen LogP contribution >= 0.6 is 0 Å². The highest BCUT2D eigenvalue weighted by Crippen LogP contribution is 2.32. The number of fused-ring (bicyclic) bond motifs is 3. The second kappa shape index (κ2) is 8.41. The quantitative estimate of drug-likeness (QED) is 0.646. The van der Waals surface area contributed by atoms with Gasteiger partial charge in [-0.15, -0.1) is 0 Å². The Kier molecular flexibility index (Phi) is 5.72. The van der Waals surface area contributed by atoms with Crippen molar-refractivity contribution < 1.29 is 9.53 Å². The zero-order valence-electron chi connectivity index (χ0n) is 17.2. The summed E-state index contributed by atoms with van der Waals surface area (Å²) in [5, 5.41) is 4.70. The normalized spacial score (nSPS) is 15.2. The topological polar surface area (TPSA) is 65.3 Å². The summed E-state index contributed by atoms with van der Waals surface area (Å²) in [6.07, 6.45) is 8.01. The van der Waals surface area contributed by atoms with Gasteiger partial charge in [-0.3, -0.25) is 9.59 Å². The molecule has 1 amide bonds. The van der Waals surface area contributed by atoms with Crippen molar-refractivity contribution in [2.75, 3.05) is 20.3 Å². The first kappa shape index (κ1) is 19.7. The summed E-state index contributed by atoms with van der Waals surface area (Å²) in [7, 11) is 3.57. The second-order valence-corrected chi connectivity index (χ2v) is 7.95. The second-order valence-electron chi connectivity index (χ2n) is 7.95. The summed E-state index contributed by atoms with van der Waals surface area (Å²) in [5.41, 5.74) is 2.16. The monoisotopic (exact) mass is 395 g/mol. The molecular weight excluding hydrogens is 366 g/mol. The Morgan fingerprint density at radius 2 is 1.97 bits per heavy atom. The van der Waals surface area contributed by atoms with E-state index in [0.717, 1.165) is 48.4 Å². The summed E-state index contributed by atoms with van der Waals surface area (Å²) in [6.45, 7) is 1.15. The minimum Gasteiger partial charge on any atom is -0.385 e. The van der Waals surface area contributed by atoms with Crippen LogP contribution in [0.4, 0.5) is 0 Å². The number of nitrogens with one attached hydrogen (secondary N) is 1. The molecule has 6 nitrogen and oxygen atoms in total. The van der Waals surface area contributed by atoms with Crippen LogP contribution in [0.15, 0.2) is 35.3 Å². The number of aromatic nitrogens is 2. The Bertz CT molecular complexity index is 1090. The lowest BCUT2D eigenvalue weighted by Gasteiger charge is -2.25. The van der Waals surface area contributed by atoms with Crippen LogP contribution in [0, 0.1) is 0 Å². The van der Waals surface area contributed by atoms with Crippen LogP contribution in [-0.2, 0) is 11.8 Å². The number of benzene rings is 1. The van der Waals surface area contributed by atoms with E-state index in [9.17, 15) is 9.59 Å². The molecule has 4 rings (SSSR count). The summed E-state index contributed by atoms with van der Waals surface area (Å²) in [5.74, 6) is -0.132. The third-order valence-electron chi connectivity index (χ3n) is 6.11. The lowest BCUT2D eigenvalue weighted by atomic mass is 9.95. The molecule has 154 valence electrons. The minimum absolute atomic E-state index is 0.00142. The van der Waals surface area contributed by atoms with Crippen LogP contribution < -0.4 is 10.9 Å². The smallest absolute Gasteiger partial charge is 0.275 e. The Balaban J connectivity index is 1.89. The zero-order valence-corrected chi connectivity index (χ0v) is 17.2. The summed E-state index contributed by atoms with van der Waals surface area (Å²) in [4.78, 5) is 26.6. The van der Waals surface area contributed by atoms with Crippen molar-refractivity contribution in [3.05, 3.63) is 46.4 Å². The van der Waals surface area contributed by atoms with Gasteiger partial charge in [-0.05, 0) is 25.3 Å². The van der Waals surface area contributed by atoms with Gasteiger partial charge in [0.15, 0.2) is 0 Å². The van der Waals surface area contributed by atoms with Crippen LogP contribution in [0.5, 0.6) is 0 Å². The fourth-order valence-corrected chi connectivity index (χ4v) is 4.62. The molecule has 2 heterocycles. The molecule has 1 aliphatic rings. The number of carbonyl (C=O) groups is 1. The van der Waals surface area contributed by atoms with E-state index in [4.69, 9.17) is 4.74 Å². The molecule has 0 saturated heterocycles. The summed E-state index contributed by atoms with van der Waals surface area (Å²) >= 11 is 0. The number of ether oxygens (including phenoxy) is 1. The van der Waals surface area contributed by atoms with E-state index in [1.807, 2.05) is 40.4 Å². The Morgan fingerprint density at radius 1 is 1.21 bits per heavy atom. The largest absolute Gasteiger partial charge is 0.385 e. The molecule has 0 unspecified atom stereocenters. The summed E-state index contributed by atoms with van der Waals surface area (Å²) < 4.78 is 8.84. The van der Waals surface area contributed by atoms with Crippen LogP contribution in [0.2, 0.25) is 0 Å². The molecule has 2 aromatic heterocycles. The molecule has 6 heteroatoms. The molecule has 0 aliphatic heterocycles. The zero-order chi connectivity index (χ0) is 20.4. The van der Waals surface area contributed by atoms with Crippen molar-refractivity contribution in [3.8, 4) is 0 Å². The molecule has 1 saturated carbocycles. The number of amides is 1. The van der Waals surface area contributed by atoms with Crippen molar-refractivity contribution in [2.24, 2.45) is 7.05 Å². The number of aryl methyl sites for hydroxylation is 1. The predicted molar refractivity (Wildman–Crippen MR) is 116 cm³/mol. The number of hydrogen-bond acceptors (Lipinski definition) is 3. The molecule has 3 aromatic rings. The number of nitrogens with zero attached hydrogens (tertiary/aromatic N) is 2. The van der Waals surface area contributed by atoms with Crippen LogP contribution in [0.3, 0.4) is 0 Å². The van der Waals surface area contributed by atoms with Gasteiger partial charge >= 0.3 is 0 Å². The predicted octanol–water partition coefficient (Wildman–Crippen LogP) is 3.76. The Labute approximate surface area is 170 Å². The average molecular weight is 396 g/mol. The van der Waals surface area contributed by atoms with Crippen molar-refractivity contribution in [1.82, 2.24) is 14.5 Å². The standard InChI is InChI=1S/C23H29N3O3/c1-25-19-12-7-6-11-17(19)20-18(22(27)24-13-8-14-29-2)15-26(23(28)21(20)25)16-9-4-3-5-10-16/h6-7,11-12,15-16H,3-5,8-10,13-14H2,1-2H3,(H,24,27). The van der Waals surface area contributed by atoms with Crippen molar-refractivity contribution >= 4 is 27.7 Å². The van der Waals surface area contributed by atoms with Crippen LogP contribution in [-0.4, -0.2) is 35.3 Å². The van der Waals surface area contributed by atoms with Gasteiger partial charge in [-0.25, -0.2) is 0 Å². The van der Waals surface area contributed by atoms with Gasteiger partial charge in [0.25, 0.3) is 11.5 Å². The van der Waals surface area contributed by atoms with Gasteiger partial charge in [0, 0.05) is 55.8 Å². The van der Waals surface area contributed by atoms with Crippen LogP contribution in [0.1, 0.15) is 54.9 Å². The van der Waals surface area contributed by atoms with E-state index in [0.29, 0.717) is 24.2 Å². The average Bonchev–Trinajstić information content (AvgIpc) is 3.05. The molecule has 1 fully saturated rings. The molecular formula is C23H29N3O3.